The van der Waals surface area contributed by atoms with E-state index in [1.54, 1.807) is 0 Å². The van der Waals surface area contributed by atoms with Gasteiger partial charge in [-0.25, -0.2) is 4.79 Å². The van der Waals surface area contributed by atoms with E-state index in [4.69, 9.17) is 10.5 Å². The van der Waals surface area contributed by atoms with Crippen molar-refractivity contribution in [2.75, 3.05) is 30.9 Å². The van der Waals surface area contributed by atoms with Gasteiger partial charge in [0.05, 0.1) is 11.9 Å². The lowest BCUT2D eigenvalue weighted by Gasteiger charge is -2.26. The van der Waals surface area contributed by atoms with Crippen molar-refractivity contribution in [1.29, 1.82) is 0 Å². The molecule has 0 saturated carbocycles. The fraction of sp³-hybridized carbons (Fsp3) is 0.421. The second-order valence-corrected chi connectivity index (χ2v) is 7.79. The number of methoxy groups -OCH3 is 1. The first-order chi connectivity index (χ1) is 13.5. The zero-order valence-corrected chi connectivity index (χ0v) is 16.8. The SMILES string of the molecule is CCCn1c(N)c(N(CCOC)C(=O)C2Cc3ccccc3S2)c(=O)[nH]c1=O. The molecule has 0 radical (unpaired) electrons. The minimum Gasteiger partial charge on any atom is -0.383 e. The third-order valence-corrected chi connectivity index (χ3v) is 5.94. The van der Waals surface area contributed by atoms with Gasteiger partial charge in [-0.15, -0.1) is 11.8 Å². The second kappa shape index (κ2) is 8.66. The molecule has 1 amide bonds. The zero-order valence-electron chi connectivity index (χ0n) is 15.9. The average Bonchev–Trinajstić information content (AvgIpc) is 3.11. The van der Waals surface area contributed by atoms with Gasteiger partial charge in [0.2, 0.25) is 5.91 Å². The van der Waals surface area contributed by atoms with Gasteiger partial charge in [-0.3, -0.25) is 19.1 Å². The van der Waals surface area contributed by atoms with E-state index in [1.165, 1.54) is 28.3 Å². The largest absolute Gasteiger partial charge is 0.383 e. The van der Waals surface area contributed by atoms with Crippen molar-refractivity contribution in [2.45, 2.75) is 36.5 Å². The number of aromatic nitrogens is 2. The standard InChI is InChI=1S/C19H24N4O4S/c1-3-8-23-16(20)15(17(24)21-19(23)26)22(9-10-27-2)18(25)14-11-12-6-4-5-7-13(12)28-14/h4-7,14H,3,8-11,20H2,1-2H3,(H,21,24,26). The summed E-state index contributed by atoms with van der Waals surface area (Å²) in [6.45, 7) is 2.66. The van der Waals surface area contributed by atoms with E-state index in [0.717, 1.165) is 10.5 Å². The van der Waals surface area contributed by atoms with Gasteiger partial charge in [0.1, 0.15) is 5.82 Å². The van der Waals surface area contributed by atoms with Crippen molar-refractivity contribution in [3.8, 4) is 0 Å². The molecule has 8 nitrogen and oxygen atoms in total. The highest BCUT2D eigenvalue weighted by Crippen LogP contribution is 2.38. The quantitative estimate of drug-likeness (QED) is 0.718. The molecule has 0 saturated heterocycles. The Bertz CT molecular complexity index is 960. The number of ether oxygens (including phenoxy) is 1. The van der Waals surface area contributed by atoms with Crippen LogP contribution in [-0.2, 0) is 22.5 Å². The minimum atomic E-state index is -0.667. The Hall–Kier alpha value is -2.52. The summed E-state index contributed by atoms with van der Waals surface area (Å²) in [5.41, 5.74) is 6.04. The predicted octanol–water partition coefficient (Wildman–Crippen LogP) is 1.23. The predicted molar refractivity (Wildman–Crippen MR) is 110 cm³/mol. The van der Waals surface area contributed by atoms with E-state index in [9.17, 15) is 14.4 Å². The molecule has 150 valence electrons. The van der Waals surface area contributed by atoms with E-state index in [-0.39, 0.29) is 35.8 Å². The molecule has 1 unspecified atom stereocenters. The number of fused-ring (bicyclic) bond motifs is 1. The van der Waals surface area contributed by atoms with Gasteiger partial charge < -0.3 is 15.4 Å². The van der Waals surface area contributed by atoms with Crippen molar-refractivity contribution in [1.82, 2.24) is 9.55 Å². The van der Waals surface area contributed by atoms with Crippen molar-refractivity contribution in [2.24, 2.45) is 0 Å². The number of nitrogens with one attached hydrogen (secondary N) is 1. The van der Waals surface area contributed by atoms with E-state index < -0.39 is 11.2 Å². The Kier molecular flexibility index (Phi) is 6.25. The summed E-state index contributed by atoms with van der Waals surface area (Å²) in [4.78, 5) is 42.7. The fourth-order valence-electron chi connectivity index (χ4n) is 3.29. The van der Waals surface area contributed by atoms with Gasteiger partial charge in [-0.2, -0.15) is 0 Å². The lowest BCUT2D eigenvalue weighted by atomic mass is 10.1. The Morgan fingerprint density at radius 2 is 2.14 bits per heavy atom. The van der Waals surface area contributed by atoms with Crippen LogP contribution in [-0.4, -0.2) is 41.0 Å². The number of thioether (sulfide) groups is 1. The summed E-state index contributed by atoms with van der Waals surface area (Å²) >= 11 is 1.48. The molecule has 28 heavy (non-hydrogen) atoms. The third-order valence-electron chi connectivity index (χ3n) is 4.64. The first kappa shape index (κ1) is 20.2. The van der Waals surface area contributed by atoms with Crippen molar-refractivity contribution >= 4 is 29.2 Å². The summed E-state index contributed by atoms with van der Waals surface area (Å²) in [7, 11) is 1.52. The molecular weight excluding hydrogens is 380 g/mol. The van der Waals surface area contributed by atoms with E-state index in [0.29, 0.717) is 19.4 Å². The molecule has 1 aromatic heterocycles. The fourth-order valence-corrected chi connectivity index (χ4v) is 4.55. The number of aromatic amines is 1. The van der Waals surface area contributed by atoms with Crippen LogP contribution >= 0.6 is 11.8 Å². The third kappa shape index (κ3) is 3.85. The molecule has 3 N–H and O–H groups in total. The van der Waals surface area contributed by atoms with Crippen LogP contribution in [0.1, 0.15) is 18.9 Å². The second-order valence-electron chi connectivity index (χ2n) is 6.55. The van der Waals surface area contributed by atoms with Gasteiger partial charge in [-0.05, 0) is 24.5 Å². The molecule has 1 aliphatic heterocycles. The van der Waals surface area contributed by atoms with E-state index in [2.05, 4.69) is 4.98 Å². The lowest BCUT2D eigenvalue weighted by molar-refractivity contribution is -0.118. The molecule has 1 atom stereocenters. The summed E-state index contributed by atoms with van der Waals surface area (Å²) in [5, 5.41) is -0.361. The number of hydrogen-bond acceptors (Lipinski definition) is 6. The molecule has 0 bridgehead atoms. The van der Waals surface area contributed by atoms with Gasteiger partial charge in [0, 0.05) is 25.1 Å². The number of nitrogens with zero attached hydrogens (tertiary/aromatic N) is 2. The Balaban J connectivity index is 2.00. The van der Waals surface area contributed by atoms with Crippen LogP contribution in [0, 0.1) is 0 Å². The maximum absolute atomic E-state index is 13.3. The summed E-state index contributed by atoms with van der Waals surface area (Å²) in [6, 6.07) is 7.86. The summed E-state index contributed by atoms with van der Waals surface area (Å²) < 4.78 is 6.42. The number of anilines is 2. The number of nitrogens with two attached hydrogens (primary N) is 1. The first-order valence-electron chi connectivity index (χ1n) is 9.15. The highest BCUT2D eigenvalue weighted by molar-refractivity contribution is 8.01. The molecule has 0 fully saturated rings. The van der Waals surface area contributed by atoms with Gasteiger partial charge in [0.15, 0.2) is 5.69 Å². The first-order valence-corrected chi connectivity index (χ1v) is 10.0. The topological polar surface area (TPSA) is 110 Å². The van der Waals surface area contributed by atoms with Gasteiger partial charge >= 0.3 is 5.69 Å². The molecule has 2 heterocycles. The number of hydrogen-bond donors (Lipinski definition) is 2. The van der Waals surface area contributed by atoms with Crippen LogP contribution in [0.2, 0.25) is 0 Å². The zero-order chi connectivity index (χ0) is 20.3. The number of H-pyrrole nitrogens is 1. The van der Waals surface area contributed by atoms with Crippen LogP contribution in [0.15, 0.2) is 38.8 Å². The number of carbonyl (C=O) groups is 1. The van der Waals surface area contributed by atoms with Crippen LogP contribution in [0.5, 0.6) is 0 Å². The van der Waals surface area contributed by atoms with Crippen LogP contribution in [0.3, 0.4) is 0 Å². The molecule has 3 rings (SSSR count). The number of nitrogen functional groups attached to an aromatic ring is 1. The molecular formula is C19H24N4O4S. The highest BCUT2D eigenvalue weighted by atomic mass is 32.2. The normalized spacial score (nSPS) is 15.4. The molecule has 0 aliphatic carbocycles. The molecule has 1 aliphatic rings. The van der Waals surface area contributed by atoms with Gasteiger partial charge in [0.25, 0.3) is 5.56 Å². The number of amides is 1. The highest BCUT2D eigenvalue weighted by Gasteiger charge is 2.34. The molecule has 9 heteroatoms. The number of benzene rings is 1. The Morgan fingerprint density at radius 1 is 1.39 bits per heavy atom. The van der Waals surface area contributed by atoms with Crippen LogP contribution in [0.4, 0.5) is 11.5 Å². The van der Waals surface area contributed by atoms with Gasteiger partial charge in [-0.1, -0.05) is 25.1 Å². The van der Waals surface area contributed by atoms with E-state index in [1.807, 2.05) is 31.2 Å². The summed E-state index contributed by atoms with van der Waals surface area (Å²) in [5.74, 6) is -0.224. The maximum Gasteiger partial charge on any atom is 0.330 e. The maximum atomic E-state index is 13.3. The summed E-state index contributed by atoms with van der Waals surface area (Å²) in [6.07, 6.45) is 1.24. The van der Waals surface area contributed by atoms with Crippen LogP contribution < -0.4 is 21.9 Å². The molecule has 0 spiro atoms. The van der Waals surface area contributed by atoms with Crippen molar-refractivity contribution < 1.29 is 9.53 Å². The smallest absolute Gasteiger partial charge is 0.330 e. The minimum absolute atomic E-state index is 0.000522. The average molecular weight is 404 g/mol. The van der Waals surface area contributed by atoms with Crippen LogP contribution in [0.25, 0.3) is 0 Å². The van der Waals surface area contributed by atoms with E-state index >= 15 is 0 Å². The van der Waals surface area contributed by atoms with Crippen molar-refractivity contribution in [3.05, 3.63) is 50.7 Å². The molecule has 2 aromatic rings. The number of carbonyl (C=O) groups excluding carboxylic acids is 1. The Labute approximate surface area is 166 Å². The molecule has 1 aromatic carbocycles. The lowest BCUT2D eigenvalue weighted by Crippen LogP contribution is -2.45. The number of rotatable bonds is 7. The Morgan fingerprint density at radius 3 is 2.82 bits per heavy atom. The monoisotopic (exact) mass is 404 g/mol. The van der Waals surface area contributed by atoms with Crippen molar-refractivity contribution in [3.63, 3.8) is 0 Å².